The molecule has 0 fully saturated rings. The molecule has 0 heterocycles. The summed E-state index contributed by atoms with van der Waals surface area (Å²) in [4.78, 5) is 22.4. The van der Waals surface area contributed by atoms with E-state index in [1.165, 1.54) is 22.3 Å². The average molecular weight is 447 g/mol. The molecule has 0 radical (unpaired) electrons. The molecule has 4 heteroatoms. The Morgan fingerprint density at radius 3 is 1.59 bits per heavy atom. The number of aliphatic carboxylic acids is 2. The van der Waals surface area contributed by atoms with Crippen molar-refractivity contribution < 1.29 is 19.8 Å². The standard InChI is InChI=1S/C28H46O4/c1-21-19-23(15-11-7-9-13-17-27(3,4)25(29)30)20-24(22(21)2)16-12-8-10-14-18-28(5,6)26(31)32/h19-20H,7-18H2,1-6H3,(H,29,30)(H,31,32). The summed E-state index contributed by atoms with van der Waals surface area (Å²) in [7, 11) is 0. The number of carbonyl (C=O) groups is 2. The lowest BCUT2D eigenvalue weighted by Gasteiger charge is -2.18. The Morgan fingerprint density at radius 1 is 0.688 bits per heavy atom. The molecule has 32 heavy (non-hydrogen) atoms. The monoisotopic (exact) mass is 446 g/mol. The Kier molecular flexibility index (Phi) is 11.5. The third-order valence-corrected chi connectivity index (χ3v) is 7.01. The maximum atomic E-state index is 11.2. The maximum absolute atomic E-state index is 11.2. The van der Waals surface area contributed by atoms with Gasteiger partial charge in [0.15, 0.2) is 0 Å². The number of hydrogen-bond acceptors (Lipinski definition) is 2. The molecule has 0 saturated carbocycles. The van der Waals surface area contributed by atoms with E-state index >= 15 is 0 Å². The number of unbranched alkanes of at least 4 members (excludes halogenated alkanes) is 6. The summed E-state index contributed by atoms with van der Waals surface area (Å²) in [6.45, 7) is 11.7. The first-order valence-corrected chi connectivity index (χ1v) is 12.4. The zero-order valence-corrected chi connectivity index (χ0v) is 21.4. The SMILES string of the molecule is Cc1cc(CCCCCCC(C)(C)C(=O)O)cc(CCCCCCC(C)(C)C(=O)O)c1C. The van der Waals surface area contributed by atoms with Crippen LogP contribution in [0.2, 0.25) is 0 Å². The topological polar surface area (TPSA) is 74.6 Å². The smallest absolute Gasteiger partial charge is 0.309 e. The first kappa shape index (κ1) is 28.2. The molecule has 1 aromatic carbocycles. The zero-order valence-electron chi connectivity index (χ0n) is 21.4. The Labute approximate surface area is 195 Å². The van der Waals surface area contributed by atoms with E-state index < -0.39 is 22.8 Å². The van der Waals surface area contributed by atoms with Crippen LogP contribution in [0.1, 0.15) is 114 Å². The van der Waals surface area contributed by atoms with Gasteiger partial charge in [0.05, 0.1) is 10.8 Å². The molecular formula is C28H46O4. The Hall–Kier alpha value is -1.84. The number of hydrogen-bond donors (Lipinski definition) is 2. The zero-order chi connectivity index (χ0) is 24.4. The highest BCUT2D eigenvalue weighted by atomic mass is 16.4. The third-order valence-electron chi connectivity index (χ3n) is 7.01. The molecule has 0 amide bonds. The van der Waals surface area contributed by atoms with E-state index in [0.717, 1.165) is 77.0 Å². The Bertz CT molecular complexity index is 746. The molecule has 0 bridgehead atoms. The Morgan fingerprint density at radius 2 is 1.12 bits per heavy atom. The lowest BCUT2D eigenvalue weighted by Crippen LogP contribution is -2.23. The van der Waals surface area contributed by atoms with Gasteiger partial charge in [-0.05, 0) is 102 Å². The van der Waals surface area contributed by atoms with Crippen molar-refractivity contribution in [1.29, 1.82) is 0 Å². The predicted molar refractivity (Wildman–Crippen MR) is 132 cm³/mol. The minimum absolute atomic E-state index is 0.616. The fourth-order valence-electron chi connectivity index (χ4n) is 4.12. The molecule has 1 rings (SSSR count). The van der Waals surface area contributed by atoms with E-state index in [1.54, 1.807) is 0 Å². The second-order valence-electron chi connectivity index (χ2n) is 10.9. The first-order valence-electron chi connectivity index (χ1n) is 12.4. The van der Waals surface area contributed by atoms with Crippen LogP contribution in [-0.4, -0.2) is 22.2 Å². The van der Waals surface area contributed by atoms with Crippen molar-refractivity contribution in [3.8, 4) is 0 Å². The normalized spacial score (nSPS) is 12.2. The summed E-state index contributed by atoms with van der Waals surface area (Å²) in [5.74, 6) is -1.41. The second kappa shape index (κ2) is 13.0. The molecule has 0 saturated heterocycles. The van der Waals surface area contributed by atoms with Crippen LogP contribution in [0, 0.1) is 24.7 Å². The van der Waals surface area contributed by atoms with Crippen molar-refractivity contribution >= 4 is 11.9 Å². The van der Waals surface area contributed by atoms with Gasteiger partial charge in [0.2, 0.25) is 0 Å². The van der Waals surface area contributed by atoms with Crippen molar-refractivity contribution in [2.24, 2.45) is 10.8 Å². The van der Waals surface area contributed by atoms with Crippen LogP contribution in [0.3, 0.4) is 0 Å². The number of carboxylic acid groups (broad SMARTS) is 2. The summed E-state index contributed by atoms with van der Waals surface area (Å²) in [5, 5.41) is 18.4. The van der Waals surface area contributed by atoms with E-state index in [4.69, 9.17) is 0 Å². The largest absolute Gasteiger partial charge is 0.481 e. The molecule has 4 nitrogen and oxygen atoms in total. The minimum atomic E-state index is -0.704. The van der Waals surface area contributed by atoms with Crippen LogP contribution < -0.4 is 0 Å². The molecule has 0 spiro atoms. The number of benzene rings is 1. The lowest BCUT2D eigenvalue weighted by atomic mass is 9.86. The molecule has 0 aliphatic rings. The van der Waals surface area contributed by atoms with Gasteiger partial charge in [0.25, 0.3) is 0 Å². The van der Waals surface area contributed by atoms with Crippen molar-refractivity contribution in [1.82, 2.24) is 0 Å². The van der Waals surface area contributed by atoms with Crippen molar-refractivity contribution in [2.75, 3.05) is 0 Å². The van der Waals surface area contributed by atoms with Gasteiger partial charge in [-0.1, -0.05) is 50.7 Å². The van der Waals surface area contributed by atoms with Crippen LogP contribution in [0.15, 0.2) is 12.1 Å². The average Bonchev–Trinajstić information content (AvgIpc) is 2.70. The van der Waals surface area contributed by atoms with Gasteiger partial charge in [-0.2, -0.15) is 0 Å². The number of aryl methyl sites for hydroxylation is 3. The third kappa shape index (κ3) is 9.75. The minimum Gasteiger partial charge on any atom is -0.481 e. The van der Waals surface area contributed by atoms with Crippen LogP contribution in [-0.2, 0) is 22.4 Å². The predicted octanol–water partition coefficient (Wildman–Crippen LogP) is 7.51. The fraction of sp³-hybridized carbons (Fsp3) is 0.714. The molecule has 0 aliphatic heterocycles. The molecule has 182 valence electrons. The van der Waals surface area contributed by atoms with Crippen LogP contribution in [0.25, 0.3) is 0 Å². The summed E-state index contributed by atoms with van der Waals surface area (Å²) < 4.78 is 0. The molecule has 1 aromatic rings. The summed E-state index contributed by atoms with van der Waals surface area (Å²) in [5.41, 5.74) is 4.40. The first-order chi connectivity index (χ1) is 14.9. The van der Waals surface area contributed by atoms with Crippen molar-refractivity contribution in [2.45, 2.75) is 119 Å². The van der Waals surface area contributed by atoms with Crippen LogP contribution in [0.5, 0.6) is 0 Å². The maximum Gasteiger partial charge on any atom is 0.309 e. The molecule has 0 atom stereocenters. The number of carboxylic acids is 2. The lowest BCUT2D eigenvalue weighted by molar-refractivity contribution is -0.148. The fourth-order valence-corrected chi connectivity index (χ4v) is 4.12. The van der Waals surface area contributed by atoms with Gasteiger partial charge >= 0.3 is 11.9 Å². The van der Waals surface area contributed by atoms with Gasteiger partial charge in [0, 0.05) is 0 Å². The quantitative estimate of drug-likeness (QED) is 0.258. The molecule has 2 N–H and O–H groups in total. The van der Waals surface area contributed by atoms with Gasteiger partial charge in [-0.15, -0.1) is 0 Å². The van der Waals surface area contributed by atoms with Crippen molar-refractivity contribution in [3.63, 3.8) is 0 Å². The van der Waals surface area contributed by atoms with Crippen LogP contribution >= 0.6 is 0 Å². The highest BCUT2D eigenvalue weighted by molar-refractivity contribution is 5.73. The van der Waals surface area contributed by atoms with Gasteiger partial charge in [-0.25, -0.2) is 0 Å². The molecular weight excluding hydrogens is 400 g/mol. The van der Waals surface area contributed by atoms with Crippen molar-refractivity contribution in [3.05, 3.63) is 34.4 Å². The summed E-state index contributed by atoms with van der Waals surface area (Å²) in [6, 6.07) is 4.70. The van der Waals surface area contributed by atoms with E-state index in [9.17, 15) is 19.8 Å². The highest BCUT2D eigenvalue weighted by Crippen LogP contribution is 2.26. The summed E-state index contributed by atoms with van der Waals surface area (Å²) >= 11 is 0. The molecule has 0 aliphatic carbocycles. The van der Waals surface area contributed by atoms with E-state index in [0.29, 0.717) is 0 Å². The molecule has 0 aromatic heterocycles. The molecule has 0 unspecified atom stereocenters. The Balaban J connectivity index is 2.38. The van der Waals surface area contributed by atoms with Gasteiger partial charge in [0.1, 0.15) is 0 Å². The highest BCUT2D eigenvalue weighted by Gasteiger charge is 2.26. The second-order valence-corrected chi connectivity index (χ2v) is 10.9. The van der Waals surface area contributed by atoms with Crippen LogP contribution in [0.4, 0.5) is 0 Å². The summed E-state index contributed by atoms with van der Waals surface area (Å²) in [6.07, 6.45) is 12.4. The number of rotatable bonds is 16. The van der Waals surface area contributed by atoms with Gasteiger partial charge in [-0.3, -0.25) is 9.59 Å². The van der Waals surface area contributed by atoms with E-state index in [2.05, 4.69) is 26.0 Å². The van der Waals surface area contributed by atoms with E-state index in [1.807, 2.05) is 27.7 Å². The van der Waals surface area contributed by atoms with Gasteiger partial charge < -0.3 is 10.2 Å². The van der Waals surface area contributed by atoms with E-state index in [-0.39, 0.29) is 0 Å².